The van der Waals surface area contributed by atoms with Crippen LogP contribution in [0.3, 0.4) is 0 Å². The molecule has 0 saturated heterocycles. The Morgan fingerprint density at radius 2 is 1.53 bits per heavy atom. The van der Waals surface area contributed by atoms with E-state index in [-0.39, 0.29) is 6.10 Å². The normalized spacial score (nSPS) is 15.4. The Labute approximate surface area is 108 Å². The molecule has 0 saturated carbocycles. The fourth-order valence-electron chi connectivity index (χ4n) is 2.54. The van der Waals surface area contributed by atoms with Crippen molar-refractivity contribution in [1.82, 2.24) is 0 Å². The first-order chi connectivity index (χ1) is 7.52. The average molecular weight is 244 g/mol. The van der Waals surface area contributed by atoms with Crippen molar-refractivity contribution in [1.29, 1.82) is 0 Å². The van der Waals surface area contributed by atoms with E-state index >= 15 is 0 Å². The molecule has 1 unspecified atom stereocenters. The highest BCUT2D eigenvalue weighted by atomic mass is 16.5. The molecule has 0 radical (unpaired) electrons. The first-order valence-electron chi connectivity index (χ1n) is 6.86. The summed E-state index contributed by atoms with van der Waals surface area (Å²) in [6, 6.07) is 0. The molecule has 0 aliphatic heterocycles. The molecule has 17 heavy (non-hydrogen) atoms. The molecule has 104 valence electrons. The van der Waals surface area contributed by atoms with Gasteiger partial charge in [-0.1, -0.05) is 27.7 Å². The Morgan fingerprint density at radius 1 is 1.00 bits per heavy atom. The molecule has 1 N–H and O–H groups in total. The Balaban J connectivity index is 3.89. The third kappa shape index (κ3) is 10.8. The number of ether oxygens (including phenoxy) is 1. The second-order valence-electron chi connectivity index (χ2n) is 7.21. The van der Waals surface area contributed by atoms with E-state index in [2.05, 4.69) is 34.6 Å². The van der Waals surface area contributed by atoms with Crippen molar-refractivity contribution in [2.45, 2.75) is 79.4 Å². The van der Waals surface area contributed by atoms with Crippen LogP contribution in [0, 0.1) is 11.3 Å². The maximum atomic E-state index is 9.60. The fraction of sp³-hybridized carbons (Fsp3) is 1.00. The lowest BCUT2D eigenvalue weighted by Gasteiger charge is -2.30. The van der Waals surface area contributed by atoms with E-state index in [4.69, 9.17) is 4.74 Å². The van der Waals surface area contributed by atoms with Gasteiger partial charge in [0.15, 0.2) is 0 Å². The maximum absolute atomic E-state index is 9.60. The molecule has 0 heterocycles. The smallest absolute Gasteiger partial charge is 0.0613 e. The molecule has 0 aromatic carbocycles. The quantitative estimate of drug-likeness (QED) is 0.699. The molecule has 0 amide bonds. The van der Waals surface area contributed by atoms with Crippen molar-refractivity contribution >= 4 is 0 Å². The summed E-state index contributed by atoms with van der Waals surface area (Å²) in [6.07, 6.45) is 3.27. The van der Waals surface area contributed by atoms with Gasteiger partial charge < -0.3 is 9.84 Å². The molecule has 0 bridgehead atoms. The van der Waals surface area contributed by atoms with Crippen molar-refractivity contribution in [3.05, 3.63) is 0 Å². The third-order valence-corrected chi connectivity index (χ3v) is 2.92. The van der Waals surface area contributed by atoms with E-state index in [9.17, 15) is 5.11 Å². The zero-order valence-corrected chi connectivity index (χ0v) is 12.8. The minimum absolute atomic E-state index is 0.270. The average Bonchev–Trinajstić information content (AvgIpc) is 1.95. The highest BCUT2D eigenvalue weighted by Gasteiger charge is 2.23. The molecule has 0 fully saturated rings. The predicted molar refractivity (Wildman–Crippen MR) is 74.2 cm³/mol. The van der Waals surface area contributed by atoms with Gasteiger partial charge in [0.05, 0.1) is 11.7 Å². The fourth-order valence-corrected chi connectivity index (χ4v) is 2.54. The van der Waals surface area contributed by atoms with Gasteiger partial charge in [-0.2, -0.15) is 0 Å². The summed E-state index contributed by atoms with van der Waals surface area (Å²) in [4.78, 5) is 0. The van der Waals surface area contributed by atoms with Gasteiger partial charge in [-0.15, -0.1) is 0 Å². The summed E-state index contributed by atoms with van der Waals surface area (Å²) < 4.78 is 5.78. The Bertz CT molecular complexity index is 201. The van der Waals surface area contributed by atoms with Crippen LogP contribution < -0.4 is 0 Å². The molecule has 1 atom stereocenters. The summed E-state index contributed by atoms with van der Waals surface area (Å²) in [5.41, 5.74) is -0.282. The number of aliphatic hydroxyl groups is 1. The van der Waals surface area contributed by atoms with Gasteiger partial charge in [0, 0.05) is 6.61 Å². The number of hydrogen-bond acceptors (Lipinski definition) is 2. The molecule has 2 nitrogen and oxygen atoms in total. The summed E-state index contributed by atoms with van der Waals surface area (Å²) in [5.74, 6) is 0.730. The minimum atomic E-state index is -0.618. The van der Waals surface area contributed by atoms with E-state index in [1.165, 1.54) is 6.42 Å². The first kappa shape index (κ1) is 16.9. The zero-order chi connectivity index (χ0) is 13.7. The topological polar surface area (TPSA) is 29.5 Å². The van der Waals surface area contributed by atoms with E-state index in [0.29, 0.717) is 18.4 Å². The largest absolute Gasteiger partial charge is 0.390 e. The van der Waals surface area contributed by atoms with Crippen LogP contribution in [0.4, 0.5) is 0 Å². The van der Waals surface area contributed by atoms with Gasteiger partial charge in [-0.3, -0.25) is 0 Å². The lowest BCUT2D eigenvalue weighted by atomic mass is 9.79. The Hall–Kier alpha value is -0.0800. The predicted octanol–water partition coefficient (Wildman–Crippen LogP) is 4.01. The van der Waals surface area contributed by atoms with Crippen LogP contribution in [0.25, 0.3) is 0 Å². The highest BCUT2D eigenvalue weighted by molar-refractivity contribution is 4.74. The van der Waals surface area contributed by atoms with Crippen LogP contribution >= 0.6 is 0 Å². The second-order valence-corrected chi connectivity index (χ2v) is 7.21. The van der Waals surface area contributed by atoms with E-state index < -0.39 is 5.60 Å². The van der Waals surface area contributed by atoms with Crippen LogP contribution in [-0.2, 0) is 4.74 Å². The van der Waals surface area contributed by atoms with Crippen LogP contribution in [0.2, 0.25) is 0 Å². The SMILES string of the molecule is CC(C)CC(C)(C)CC(C)OCCC(C)(C)O. The number of rotatable bonds is 8. The van der Waals surface area contributed by atoms with Crippen LogP contribution in [0.5, 0.6) is 0 Å². The highest BCUT2D eigenvalue weighted by Crippen LogP contribution is 2.31. The summed E-state index contributed by atoms with van der Waals surface area (Å²) in [7, 11) is 0. The Morgan fingerprint density at radius 3 is 1.94 bits per heavy atom. The van der Waals surface area contributed by atoms with E-state index in [1.807, 2.05) is 13.8 Å². The minimum Gasteiger partial charge on any atom is -0.390 e. The lowest BCUT2D eigenvalue weighted by Crippen LogP contribution is -2.26. The summed E-state index contributed by atoms with van der Waals surface area (Å²) in [5, 5.41) is 9.60. The van der Waals surface area contributed by atoms with Crippen molar-refractivity contribution < 1.29 is 9.84 Å². The summed E-state index contributed by atoms with van der Waals surface area (Å²) in [6.45, 7) is 15.6. The molecule has 2 heteroatoms. The van der Waals surface area contributed by atoms with Gasteiger partial charge in [-0.05, 0) is 51.4 Å². The molecule has 0 rings (SSSR count). The van der Waals surface area contributed by atoms with Gasteiger partial charge in [-0.25, -0.2) is 0 Å². The molecule has 0 spiro atoms. The van der Waals surface area contributed by atoms with Gasteiger partial charge in [0.25, 0.3) is 0 Å². The second kappa shape index (κ2) is 6.75. The van der Waals surface area contributed by atoms with Crippen molar-refractivity contribution in [2.75, 3.05) is 6.61 Å². The zero-order valence-electron chi connectivity index (χ0n) is 12.8. The van der Waals surface area contributed by atoms with Crippen LogP contribution in [0.1, 0.15) is 67.7 Å². The molecular weight excluding hydrogens is 212 g/mol. The van der Waals surface area contributed by atoms with Gasteiger partial charge >= 0.3 is 0 Å². The molecule has 0 aliphatic rings. The first-order valence-corrected chi connectivity index (χ1v) is 6.86. The van der Waals surface area contributed by atoms with Crippen LogP contribution in [0.15, 0.2) is 0 Å². The third-order valence-electron chi connectivity index (χ3n) is 2.92. The van der Waals surface area contributed by atoms with Crippen molar-refractivity contribution in [3.63, 3.8) is 0 Å². The van der Waals surface area contributed by atoms with Gasteiger partial charge in [0.2, 0.25) is 0 Å². The molecule has 0 aromatic rings. The lowest BCUT2D eigenvalue weighted by molar-refractivity contribution is -0.0108. The van der Waals surface area contributed by atoms with Gasteiger partial charge in [0.1, 0.15) is 0 Å². The maximum Gasteiger partial charge on any atom is 0.0613 e. The monoisotopic (exact) mass is 244 g/mol. The van der Waals surface area contributed by atoms with E-state index in [0.717, 1.165) is 12.3 Å². The summed E-state index contributed by atoms with van der Waals surface area (Å²) >= 11 is 0. The van der Waals surface area contributed by atoms with Crippen molar-refractivity contribution in [2.24, 2.45) is 11.3 Å². The molecular formula is C15H32O2. The standard InChI is InChI=1S/C15H32O2/c1-12(2)10-14(4,5)11-13(3)17-9-8-15(6,7)16/h12-13,16H,8-11H2,1-7H3. The van der Waals surface area contributed by atoms with Crippen LogP contribution in [-0.4, -0.2) is 23.4 Å². The molecule has 0 aliphatic carbocycles. The van der Waals surface area contributed by atoms with Crippen molar-refractivity contribution in [3.8, 4) is 0 Å². The molecule has 0 aromatic heterocycles. The number of hydrogen-bond donors (Lipinski definition) is 1. The van der Waals surface area contributed by atoms with E-state index in [1.54, 1.807) is 0 Å². The Kier molecular flexibility index (Phi) is 6.71.